The molecule has 1 heterocycles. The molecule has 3 nitrogen and oxygen atoms in total. The van der Waals surface area contributed by atoms with Gasteiger partial charge in [0, 0.05) is 6.54 Å². The van der Waals surface area contributed by atoms with Gasteiger partial charge >= 0.3 is 0 Å². The van der Waals surface area contributed by atoms with Gasteiger partial charge in [0.15, 0.2) is 0 Å². The predicted molar refractivity (Wildman–Crippen MR) is 65.3 cm³/mol. The van der Waals surface area contributed by atoms with E-state index in [2.05, 4.69) is 5.32 Å². The zero-order chi connectivity index (χ0) is 12.3. The number of nitrogens with one attached hydrogen (secondary N) is 1. The Morgan fingerprint density at radius 3 is 2.65 bits per heavy atom. The van der Waals surface area contributed by atoms with Gasteiger partial charge in [0.05, 0.1) is 11.7 Å². The van der Waals surface area contributed by atoms with Crippen LogP contribution in [0, 0.1) is 12.7 Å². The molecule has 2 rings (SSSR count). The maximum absolute atomic E-state index is 13.5. The van der Waals surface area contributed by atoms with E-state index in [1.807, 2.05) is 19.1 Å². The topological polar surface area (TPSA) is 51.2 Å². The lowest BCUT2D eigenvalue weighted by Crippen LogP contribution is -2.20. The van der Waals surface area contributed by atoms with Gasteiger partial charge in [-0.15, -0.1) is 0 Å². The van der Waals surface area contributed by atoms with E-state index < -0.39 is 0 Å². The summed E-state index contributed by atoms with van der Waals surface area (Å²) in [5.74, 6) is 1.23. The van der Waals surface area contributed by atoms with E-state index in [0.29, 0.717) is 18.0 Å². The van der Waals surface area contributed by atoms with Crippen molar-refractivity contribution in [3.05, 3.63) is 53.7 Å². The Morgan fingerprint density at radius 2 is 2.06 bits per heavy atom. The van der Waals surface area contributed by atoms with Crippen LogP contribution >= 0.6 is 0 Å². The summed E-state index contributed by atoms with van der Waals surface area (Å²) < 4.78 is 19.0. The van der Waals surface area contributed by atoms with Gasteiger partial charge < -0.3 is 15.5 Å². The molecule has 0 saturated carbocycles. The molecule has 0 aliphatic carbocycles. The van der Waals surface area contributed by atoms with Gasteiger partial charge in [-0.25, -0.2) is 4.39 Å². The van der Waals surface area contributed by atoms with Crippen LogP contribution in [0.2, 0.25) is 0 Å². The molecule has 0 aliphatic heterocycles. The number of para-hydroxylation sites is 1. The summed E-state index contributed by atoms with van der Waals surface area (Å²) >= 11 is 0. The fourth-order valence-electron chi connectivity index (χ4n) is 1.65. The summed E-state index contributed by atoms with van der Waals surface area (Å²) in [5.41, 5.74) is 6.09. The van der Waals surface area contributed by atoms with Crippen molar-refractivity contribution in [2.45, 2.75) is 13.0 Å². The number of anilines is 1. The van der Waals surface area contributed by atoms with Gasteiger partial charge in [0.2, 0.25) is 0 Å². The minimum Gasteiger partial charge on any atom is -0.464 e. The highest BCUT2D eigenvalue weighted by atomic mass is 19.1. The van der Waals surface area contributed by atoms with Gasteiger partial charge in [0.1, 0.15) is 17.3 Å². The van der Waals surface area contributed by atoms with Gasteiger partial charge in [-0.3, -0.25) is 0 Å². The number of halogens is 1. The van der Waals surface area contributed by atoms with E-state index in [1.54, 1.807) is 18.2 Å². The first kappa shape index (κ1) is 11.7. The second-order valence-corrected chi connectivity index (χ2v) is 3.86. The highest BCUT2D eigenvalue weighted by Gasteiger charge is 2.14. The lowest BCUT2D eigenvalue weighted by molar-refractivity contribution is 0.458. The highest BCUT2D eigenvalue weighted by Crippen LogP contribution is 2.22. The first-order valence-corrected chi connectivity index (χ1v) is 5.48. The standard InChI is InChI=1S/C13H15FN2O/c1-9-6-7-13(17-9)12(8-15)16-11-5-3-2-4-10(11)14/h2-7,12,16H,8,15H2,1H3. The summed E-state index contributed by atoms with van der Waals surface area (Å²) in [5, 5.41) is 3.03. The molecular weight excluding hydrogens is 219 g/mol. The van der Waals surface area contributed by atoms with Crippen molar-refractivity contribution in [1.82, 2.24) is 0 Å². The molecule has 1 unspecified atom stereocenters. The molecule has 0 saturated heterocycles. The number of hydrogen-bond acceptors (Lipinski definition) is 3. The molecular formula is C13H15FN2O. The van der Waals surface area contributed by atoms with Crippen molar-refractivity contribution in [2.75, 3.05) is 11.9 Å². The van der Waals surface area contributed by atoms with E-state index in [9.17, 15) is 4.39 Å². The van der Waals surface area contributed by atoms with E-state index in [4.69, 9.17) is 10.2 Å². The molecule has 3 N–H and O–H groups in total. The first-order chi connectivity index (χ1) is 8.20. The molecule has 4 heteroatoms. The zero-order valence-corrected chi connectivity index (χ0v) is 9.61. The number of nitrogens with two attached hydrogens (primary N) is 1. The third-order valence-corrected chi connectivity index (χ3v) is 2.54. The fraction of sp³-hybridized carbons (Fsp3) is 0.231. The average Bonchev–Trinajstić information content (AvgIpc) is 2.75. The summed E-state index contributed by atoms with van der Waals surface area (Å²) in [4.78, 5) is 0. The predicted octanol–water partition coefficient (Wildman–Crippen LogP) is 2.84. The Hall–Kier alpha value is -1.81. The van der Waals surface area contributed by atoms with Crippen LogP contribution in [0.4, 0.5) is 10.1 Å². The quantitative estimate of drug-likeness (QED) is 0.855. The average molecular weight is 234 g/mol. The lowest BCUT2D eigenvalue weighted by atomic mass is 10.2. The van der Waals surface area contributed by atoms with E-state index in [0.717, 1.165) is 5.76 Å². The Labute approximate surface area is 99.4 Å². The molecule has 0 aliphatic rings. The number of furan rings is 1. The van der Waals surface area contributed by atoms with Crippen molar-refractivity contribution in [1.29, 1.82) is 0 Å². The van der Waals surface area contributed by atoms with Gasteiger partial charge in [-0.2, -0.15) is 0 Å². The van der Waals surface area contributed by atoms with E-state index in [-0.39, 0.29) is 11.9 Å². The van der Waals surface area contributed by atoms with Crippen LogP contribution in [0.5, 0.6) is 0 Å². The molecule has 0 fully saturated rings. The summed E-state index contributed by atoms with van der Waals surface area (Å²) in [6.07, 6.45) is 0. The molecule has 2 aromatic rings. The SMILES string of the molecule is Cc1ccc(C(CN)Nc2ccccc2F)o1. The Balaban J connectivity index is 2.18. The summed E-state index contributed by atoms with van der Waals surface area (Å²) in [7, 11) is 0. The fourth-order valence-corrected chi connectivity index (χ4v) is 1.65. The third-order valence-electron chi connectivity index (χ3n) is 2.54. The first-order valence-electron chi connectivity index (χ1n) is 5.48. The largest absolute Gasteiger partial charge is 0.464 e. The number of aryl methyl sites for hydroxylation is 1. The van der Waals surface area contributed by atoms with Gasteiger partial charge in [-0.1, -0.05) is 12.1 Å². The van der Waals surface area contributed by atoms with Crippen LogP contribution < -0.4 is 11.1 Å². The van der Waals surface area contributed by atoms with E-state index in [1.165, 1.54) is 6.07 Å². The lowest BCUT2D eigenvalue weighted by Gasteiger charge is -2.16. The second-order valence-electron chi connectivity index (χ2n) is 3.86. The molecule has 1 atom stereocenters. The van der Waals surface area contributed by atoms with Crippen LogP contribution in [-0.2, 0) is 0 Å². The maximum Gasteiger partial charge on any atom is 0.146 e. The maximum atomic E-state index is 13.5. The Bertz CT molecular complexity index is 496. The highest BCUT2D eigenvalue weighted by molar-refractivity contribution is 5.46. The molecule has 0 amide bonds. The van der Waals surface area contributed by atoms with Crippen LogP contribution in [0.15, 0.2) is 40.8 Å². The molecule has 0 spiro atoms. The van der Waals surface area contributed by atoms with Gasteiger partial charge in [-0.05, 0) is 31.2 Å². The smallest absolute Gasteiger partial charge is 0.146 e. The van der Waals surface area contributed by atoms with Crippen molar-refractivity contribution < 1.29 is 8.81 Å². The number of benzene rings is 1. The van der Waals surface area contributed by atoms with Crippen LogP contribution in [0.25, 0.3) is 0 Å². The van der Waals surface area contributed by atoms with Crippen molar-refractivity contribution >= 4 is 5.69 Å². The minimum atomic E-state index is -0.297. The monoisotopic (exact) mass is 234 g/mol. The van der Waals surface area contributed by atoms with Crippen molar-refractivity contribution in [2.24, 2.45) is 5.73 Å². The number of rotatable bonds is 4. The molecule has 1 aromatic heterocycles. The van der Waals surface area contributed by atoms with Crippen LogP contribution in [0.3, 0.4) is 0 Å². The molecule has 90 valence electrons. The molecule has 17 heavy (non-hydrogen) atoms. The summed E-state index contributed by atoms with van der Waals surface area (Å²) in [6.45, 7) is 2.20. The molecule has 0 bridgehead atoms. The Morgan fingerprint density at radius 1 is 1.29 bits per heavy atom. The van der Waals surface area contributed by atoms with Crippen molar-refractivity contribution in [3.8, 4) is 0 Å². The van der Waals surface area contributed by atoms with Crippen molar-refractivity contribution in [3.63, 3.8) is 0 Å². The van der Waals surface area contributed by atoms with Gasteiger partial charge in [0.25, 0.3) is 0 Å². The molecule has 1 aromatic carbocycles. The van der Waals surface area contributed by atoms with Crippen LogP contribution in [0.1, 0.15) is 17.6 Å². The minimum absolute atomic E-state index is 0.222. The normalized spacial score (nSPS) is 12.4. The Kier molecular flexibility index (Phi) is 3.44. The molecule has 0 radical (unpaired) electrons. The summed E-state index contributed by atoms with van der Waals surface area (Å²) in [6, 6.07) is 9.99. The zero-order valence-electron chi connectivity index (χ0n) is 9.61. The second kappa shape index (κ2) is 5.01. The third kappa shape index (κ3) is 2.65. The van der Waals surface area contributed by atoms with Crippen LogP contribution in [-0.4, -0.2) is 6.54 Å². The number of hydrogen-bond donors (Lipinski definition) is 2. The van der Waals surface area contributed by atoms with E-state index >= 15 is 0 Å².